The Morgan fingerprint density at radius 2 is 2.11 bits per heavy atom. The van der Waals surface area contributed by atoms with Crippen LogP contribution in [0, 0.1) is 29.6 Å². The van der Waals surface area contributed by atoms with Gasteiger partial charge in [-0.15, -0.1) is 0 Å². The average Bonchev–Trinajstić information content (AvgIpc) is 2.39. The van der Waals surface area contributed by atoms with Crippen LogP contribution in [0.3, 0.4) is 0 Å². The van der Waals surface area contributed by atoms with Crippen molar-refractivity contribution in [2.75, 3.05) is 13.2 Å². The Balaban J connectivity index is 1.73. The normalized spacial score (nSPS) is 42.2. The summed E-state index contributed by atoms with van der Waals surface area (Å²) < 4.78 is 10.9. The van der Waals surface area contributed by atoms with Crippen molar-refractivity contribution in [1.29, 1.82) is 0 Å². The summed E-state index contributed by atoms with van der Waals surface area (Å²) in [6.45, 7) is 7.52. The van der Waals surface area contributed by atoms with Crippen molar-refractivity contribution < 1.29 is 14.3 Å². The lowest BCUT2D eigenvalue weighted by molar-refractivity contribution is -0.176. The van der Waals surface area contributed by atoms with Gasteiger partial charge in [-0.3, -0.25) is 0 Å². The van der Waals surface area contributed by atoms with Gasteiger partial charge in [0.2, 0.25) is 0 Å². The fourth-order valence-electron chi connectivity index (χ4n) is 4.34. The quantitative estimate of drug-likeness (QED) is 0.568. The minimum absolute atomic E-state index is 0.113. The third-order valence-electron chi connectivity index (χ3n) is 5.36. The lowest BCUT2D eigenvalue weighted by Crippen LogP contribution is -2.47. The fraction of sp³-hybridized carbons (Fsp3) is 0.812. The molecule has 0 radical (unpaired) electrons. The predicted octanol–water partition coefficient (Wildman–Crippen LogP) is 2.80. The maximum atomic E-state index is 11.1. The van der Waals surface area contributed by atoms with Crippen LogP contribution in [0.15, 0.2) is 11.6 Å². The molecule has 0 amide bonds. The van der Waals surface area contributed by atoms with E-state index in [1.165, 1.54) is 18.4 Å². The van der Waals surface area contributed by atoms with E-state index in [0.29, 0.717) is 24.4 Å². The molecule has 0 N–H and O–H groups in total. The second kappa shape index (κ2) is 4.93. The number of fused-ring (bicyclic) bond motifs is 2. The van der Waals surface area contributed by atoms with Crippen molar-refractivity contribution in [2.24, 2.45) is 29.6 Å². The van der Waals surface area contributed by atoms with Gasteiger partial charge < -0.3 is 9.47 Å². The topological polar surface area (TPSA) is 35.5 Å². The number of ether oxygens (including phenoxy) is 2. The molecular weight excluding hydrogens is 240 g/mol. The Morgan fingerprint density at radius 3 is 2.68 bits per heavy atom. The van der Waals surface area contributed by atoms with Crippen molar-refractivity contribution in [3.8, 4) is 0 Å². The second-order valence-corrected chi connectivity index (χ2v) is 6.76. The summed E-state index contributed by atoms with van der Waals surface area (Å²) in [5.74, 6) is 3.21. The summed E-state index contributed by atoms with van der Waals surface area (Å²) >= 11 is 0. The third kappa shape index (κ3) is 2.33. The number of carbonyl (C=O) groups is 1. The van der Waals surface area contributed by atoms with Crippen LogP contribution >= 0.6 is 0 Å². The van der Waals surface area contributed by atoms with Gasteiger partial charge in [-0.1, -0.05) is 25.5 Å². The van der Waals surface area contributed by atoms with Gasteiger partial charge in [-0.25, -0.2) is 4.79 Å². The highest BCUT2D eigenvalue weighted by Gasteiger charge is 2.46. The van der Waals surface area contributed by atoms with Gasteiger partial charge in [-0.05, 0) is 49.4 Å². The van der Waals surface area contributed by atoms with Gasteiger partial charge >= 0.3 is 5.97 Å². The highest BCUT2D eigenvalue weighted by Crippen LogP contribution is 2.51. The lowest BCUT2D eigenvalue weighted by Gasteiger charge is -2.50. The summed E-state index contributed by atoms with van der Waals surface area (Å²) in [6.07, 6.45) is 5.09. The highest BCUT2D eigenvalue weighted by molar-refractivity contribution is 5.71. The Hall–Kier alpha value is -0.830. The van der Waals surface area contributed by atoms with Gasteiger partial charge in [0.05, 0.1) is 6.10 Å². The molecule has 1 saturated carbocycles. The summed E-state index contributed by atoms with van der Waals surface area (Å²) in [4.78, 5) is 11.1. The lowest BCUT2D eigenvalue weighted by atomic mass is 9.57. The molecule has 4 rings (SSSR count). The number of hydrogen-bond acceptors (Lipinski definition) is 3. The smallest absolute Gasteiger partial charge is 0.332 e. The largest absolute Gasteiger partial charge is 0.461 e. The Bertz CT molecular complexity index is 389. The van der Waals surface area contributed by atoms with Gasteiger partial charge in [-0.2, -0.15) is 0 Å². The maximum Gasteiger partial charge on any atom is 0.332 e. The molecule has 2 bridgehead atoms. The van der Waals surface area contributed by atoms with E-state index >= 15 is 0 Å². The van der Waals surface area contributed by atoms with Crippen LogP contribution in [0.5, 0.6) is 0 Å². The summed E-state index contributed by atoms with van der Waals surface area (Å²) in [6, 6.07) is 0. The van der Waals surface area contributed by atoms with Crippen LogP contribution < -0.4 is 0 Å². The first-order valence-corrected chi connectivity index (χ1v) is 7.51. The molecular formula is C16H24O3. The Morgan fingerprint density at radius 1 is 1.32 bits per heavy atom. The molecule has 4 aliphatic rings. The molecule has 0 aromatic heterocycles. The van der Waals surface area contributed by atoms with Crippen LogP contribution in [0.25, 0.3) is 0 Å². The van der Waals surface area contributed by atoms with E-state index in [4.69, 9.17) is 9.47 Å². The van der Waals surface area contributed by atoms with Gasteiger partial charge in [0.15, 0.2) is 0 Å². The molecule has 1 aliphatic heterocycles. The number of esters is 1. The number of cyclic esters (lactones) is 1. The van der Waals surface area contributed by atoms with Gasteiger partial charge in [0.1, 0.15) is 13.2 Å². The second-order valence-electron chi connectivity index (χ2n) is 6.76. The van der Waals surface area contributed by atoms with Crippen LogP contribution in [0.1, 0.15) is 33.6 Å². The van der Waals surface area contributed by atoms with Crippen LogP contribution in [-0.4, -0.2) is 25.3 Å². The highest BCUT2D eigenvalue weighted by atomic mass is 16.6. The number of rotatable bonds is 2. The van der Waals surface area contributed by atoms with E-state index in [1.807, 2.05) is 0 Å². The van der Waals surface area contributed by atoms with Crippen LogP contribution in [0.2, 0.25) is 0 Å². The zero-order valence-electron chi connectivity index (χ0n) is 12.1. The molecule has 0 spiro atoms. The first-order valence-electron chi connectivity index (χ1n) is 7.51. The molecule has 3 heteroatoms. The van der Waals surface area contributed by atoms with Gasteiger partial charge in [0.25, 0.3) is 0 Å². The van der Waals surface area contributed by atoms with Crippen molar-refractivity contribution in [3.63, 3.8) is 0 Å². The number of hydrogen-bond donors (Lipinski definition) is 0. The monoisotopic (exact) mass is 264 g/mol. The average molecular weight is 264 g/mol. The molecule has 3 aliphatic carbocycles. The number of allylic oxidation sites excluding steroid dienone is 2. The summed E-state index contributed by atoms with van der Waals surface area (Å²) in [7, 11) is 0. The molecule has 0 aromatic carbocycles. The van der Waals surface area contributed by atoms with E-state index in [1.54, 1.807) is 0 Å². The van der Waals surface area contributed by atoms with Crippen molar-refractivity contribution in [2.45, 2.75) is 39.7 Å². The maximum absolute atomic E-state index is 11.1. The molecule has 5 atom stereocenters. The van der Waals surface area contributed by atoms with Crippen LogP contribution in [-0.2, 0) is 14.3 Å². The van der Waals surface area contributed by atoms with Crippen molar-refractivity contribution in [3.05, 3.63) is 11.6 Å². The van der Waals surface area contributed by atoms with E-state index in [2.05, 4.69) is 26.8 Å². The zero-order valence-corrected chi connectivity index (χ0v) is 12.1. The SMILES string of the molecule is CC1=CC2CC(C3COC(=O)CO3)C1CC2C(C)C. The number of carbonyl (C=O) groups excluding carboxylic acids is 1. The Labute approximate surface area is 115 Å². The molecule has 2 fully saturated rings. The van der Waals surface area contributed by atoms with E-state index in [0.717, 1.165) is 11.8 Å². The van der Waals surface area contributed by atoms with Crippen molar-refractivity contribution >= 4 is 5.97 Å². The summed E-state index contributed by atoms with van der Waals surface area (Å²) in [5.41, 5.74) is 1.53. The van der Waals surface area contributed by atoms with E-state index in [-0.39, 0.29) is 18.7 Å². The molecule has 0 aromatic rings. The van der Waals surface area contributed by atoms with Gasteiger partial charge in [0, 0.05) is 0 Å². The minimum atomic E-state index is -0.218. The van der Waals surface area contributed by atoms with E-state index in [9.17, 15) is 4.79 Å². The molecule has 1 saturated heterocycles. The van der Waals surface area contributed by atoms with E-state index < -0.39 is 0 Å². The third-order valence-corrected chi connectivity index (χ3v) is 5.36. The molecule has 3 nitrogen and oxygen atoms in total. The standard InChI is InChI=1S/C16H24O3/c1-9(2)12-6-13-10(3)4-11(12)5-14(13)15-7-19-16(17)8-18-15/h4,9,11-15H,5-8H2,1-3H3. The molecule has 5 unspecified atom stereocenters. The zero-order chi connectivity index (χ0) is 13.6. The molecule has 106 valence electrons. The minimum Gasteiger partial charge on any atom is -0.461 e. The fourth-order valence-corrected chi connectivity index (χ4v) is 4.34. The molecule has 1 heterocycles. The Kier molecular flexibility index (Phi) is 3.42. The predicted molar refractivity (Wildman–Crippen MR) is 72.5 cm³/mol. The summed E-state index contributed by atoms with van der Waals surface area (Å²) in [5, 5.41) is 0. The first kappa shape index (κ1) is 13.2. The van der Waals surface area contributed by atoms with Crippen LogP contribution in [0.4, 0.5) is 0 Å². The van der Waals surface area contributed by atoms with Crippen molar-refractivity contribution in [1.82, 2.24) is 0 Å². The first-order chi connectivity index (χ1) is 9.06. The molecule has 19 heavy (non-hydrogen) atoms.